The first-order chi connectivity index (χ1) is 7.13. The number of hydrogen-bond acceptors (Lipinski definition) is 3. The number of rotatable bonds is 4. The van der Waals surface area contributed by atoms with Crippen molar-refractivity contribution in [1.82, 2.24) is 15.1 Å². The highest BCUT2D eigenvalue weighted by Crippen LogP contribution is 2.04. The molecule has 1 aliphatic rings. The van der Waals surface area contributed by atoms with Gasteiger partial charge in [0.05, 0.1) is 0 Å². The number of hydrogen-bond donors (Lipinski definition) is 1. The third-order valence-corrected chi connectivity index (χ3v) is 3.32. The first-order valence-electron chi connectivity index (χ1n) is 5.49. The molecule has 15 heavy (non-hydrogen) atoms. The summed E-state index contributed by atoms with van der Waals surface area (Å²) in [6.07, 6.45) is 0. The molecule has 1 N–H and O–H groups in total. The maximum atomic E-state index is 5.60. The van der Waals surface area contributed by atoms with Crippen LogP contribution in [0, 0.1) is 0 Å². The molecule has 1 atom stereocenters. The summed E-state index contributed by atoms with van der Waals surface area (Å²) in [6, 6.07) is 0.617. The molecule has 1 saturated heterocycles. The van der Waals surface area contributed by atoms with Gasteiger partial charge >= 0.3 is 0 Å². The fourth-order valence-corrected chi connectivity index (χ4v) is 1.87. The normalized spacial score (nSPS) is 25.9. The molecule has 1 heterocycles. The van der Waals surface area contributed by atoms with Crippen LogP contribution < -0.4 is 5.32 Å². The van der Waals surface area contributed by atoms with Crippen LogP contribution in [0.25, 0.3) is 0 Å². The van der Waals surface area contributed by atoms with Crippen molar-refractivity contribution in [3.8, 4) is 0 Å². The fourth-order valence-electron chi connectivity index (χ4n) is 1.80. The Morgan fingerprint density at radius 3 is 2.87 bits per heavy atom. The molecule has 0 aromatic carbocycles. The van der Waals surface area contributed by atoms with E-state index in [9.17, 15) is 0 Å². The zero-order valence-electron chi connectivity index (χ0n) is 9.96. The Morgan fingerprint density at radius 1 is 1.47 bits per heavy atom. The second-order valence-corrected chi connectivity index (χ2v) is 4.70. The lowest BCUT2D eigenvalue weighted by molar-refractivity contribution is 0.114. The summed E-state index contributed by atoms with van der Waals surface area (Å²) < 4.78 is 0. The molecule has 1 unspecified atom stereocenters. The van der Waals surface area contributed by atoms with Crippen molar-refractivity contribution >= 4 is 11.6 Å². The van der Waals surface area contributed by atoms with E-state index in [1.807, 2.05) is 6.92 Å². The van der Waals surface area contributed by atoms with Gasteiger partial charge in [-0.05, 0) is 26.6 Å². The van der Waals surface area contributed by atoms with Gasteiger partial charge in [0.2, 0.25) is 0 Å². The molecule has 0 spiro atoms. The highest BCUT2D eigenvalue weighted by atomic mass is 35.5. The highest BCUT2D eigenvalue weighted by molar-refractivity contribution is 6.25. The van der Waals surface area contributed by atoms with Crippen LogP contribution in [0.1, 0.15) is 6.92 Å². The number of likely N-dealkylation sites (N-methyl/N-ethyl adjacent to an activating group) is 2. The lowest BCUT2D eigenvalue weighted by atomic mass is 10.2. The molecule has 0 aliphatic carbocycles. The Morgan fingerprint density at radius 2 is 2.20 bits per heavy atom. The molecule has 3 nitrogen and oxygen atoms in total. The van der Waals surface area contributed by atoms with Gasteiger partial charge in [-0.2, -0.15) is 0 Å². The number of nitrogens with one attached hydrogen (secondary N) is 1. The van der Waals surface area contributed by atoms with Gasteiger partial charge in [0.25, 0.3) is 0 Å². The summed E-state index contributed by atoms with van der Waals surface area (Å²) in [7, 11) is 4.38. The molecule has 0 radical (unpaired) electrons. The fraction of sp³-hybridized carbons (Fsp3) is 0.818. The first kappa shape index (κ1) is 13.0. The Balaban J connectivity index is 2.24. The second-order valence-electron chi connectivity index (χ2n) is 4.48. The summed E-state index contributed by atoms with van der Waals surface area (Å²) in [4.78, 5) is 4.81. The van der Waals surface area contributed by atoms with Crippen molar-refractivity contribution < 1.29 is 0 Å². The summed E-state index contributed by atoms with van der Waals surface area (Å²) in [6.45, 7) is 7.44. The van der Waals surface area contributed by atoms with Gasteiger partial charge in [-0.3, -0.25) is 4.90 Å². The van der Waals surface area contributed by atoms with Gasteiger partial charge in [-0.1, -0.05) is 11.6 Å². The number of halogens is 1. The summed E-state index contributed by atoms with van der Waals surface area (Å²) in [5.41, 5.74) is 2.83. The lowest BCUT2D eigenvalue weighted by Crippen LogP contribution is -2.53. The third kappa shape index (κ3) is 4.51. The molecule has 1 aliphatic heterocycles. The molecular formula is C11H22ClN3. The van der Waals surface area contributed by atoms with E-state index in [1.165, 1.54) is 12.1 Å². The zero-order chi connectivity index (χ0) is 11.3. The Bertz CT molecular complexity index is 218. The SMILES string of the molecule is CC(=CCl)CNCC1CN(C)CCN1C. The molecule has 1 rings (SSSR count). The summed E-state index contributed by atoms with van der Waals surface area (Å²) >= 11 is 5.60. The Kier molecular flexibility index (Phi) is 5.61. The maximum absolute atomic E-state index is 5.60. The zero-order valence-corrected chi connectivity index (χ0v) is 10.7. The van der Waals surface area contributed by atoms with Crippen molar-refractivity contribution in [1.29, 1.82) is 0 Å². The summed E-state index contributed by atoms with van der Waals surface area (Å²) in [5, 5.41) is 3.44. The van der Waals surface area contributed by atoms with Gasteiger partial charge in [0.1, 0.15) is 0 Å². The van der Waals surface area contributed by atoms with Crippen LogP contribution in [0.3, 0.4) is 0 Å². The van der Waals surface area contributed by atoms with Gasteiger partial charge in [-0.25, -0.2) is 0 Å². The van der Waals surface area contributed by atoms with E-state index in [0.717, 1.165) is 26.2 Å². The van der Waals surface area contributed by atoms with Crippen molar-refractivity contribution in [2.24, 2.45) is 0 Å². The predicted molar refractivity (Wildman–Crippen MR) is 66.4 cm³/mol. The maximum Gasteiger partial charge on any atom is 0.0345 e. The van der Waals surface area contributed by atoms with Crippen molar-refractivity contribution in [2.45, 2.75) is 13.0 Å². The van der Waals surface area contributed by atoms with E-state index in [0.29, 0.717) is 6.04 Å². The van der Waals surface area contributed by atoms with Crippen LogP contribution >= 0.6 is 11.6 Å². The van der Waals surface area contributed by atoms with Gasteiger partial charge in [-0.15, -0.1) is 0 Å². The topological polar surface area (TPSA) is 18.5 Å². The van der Waals surface area contributed by atoms with Gasteiger partial charge in [0, 0.05) is 44.3 Å². The first-order valence-corrected chi connectivity index (χ1v) is 5.92. The minimum absolute atomic E-state index is 0.617. The van der Waals surface area contributed by atoms with E-state index in [-0.39, 0.29) is 0 Å². The monoisotopic (exact) mass is 231 g/mol. The Labute approximate surface area is 98.1 Å². The molecule has 0 bridgehead atoms. The van der Waals surface area contributed by atoms with Crippen LogP contribution in [-0.4, -0.2) is 62.7 Å². The molecular weight excluding hydrogens is 210 g/mol. The second kappa shape index (κ2) is 6.48. The van der Waals surface area contributed by atoms with Crippen LogP contribution in [-0.2, 0) is 0 Å². The average Bonchev–Trinajstić information content (AvgIpc) is 2.23. The average molecular weight is 232 g/mol. The highest BCUT2D eigenvalue weighted by Gasteiger charge is 2.21. The number of nitrogens with zero attached hydrogens (tertiary/aromatic N) is 2. The van der Waals surface area contributed by atoms with Crippen LogP contribution in [0.5, 0.6) is 0 Å². The summed E-state index contributed by atoms with van der Waals surface area (Å²) in [5.74, 6) is 0. The van der Waals surface area contributed by atoms with Crippen LogP contribution in [0.2, 0.25) is 0 Å². The standard InChI is InChI=1S/C11H22ClN3/c1-10(6-12)7-13-8-11-9-14(2)4-5-15(11)3/h6,11,13H,4-5,7-9H2,1-3H3. The quantitative estimate of drug-likeness (QED) is 0.778. The predicted octanol–water partition coefficient (Wildman–Crippen LogP) is 0.964. The minimum Gasteiger partial charge on any atom is -0.311 e. The molecule has 0 aromatic heterocycles. The van der Waals surface area contributed by atoms with Gasteiger partial charge in [0.15, 0.2) is 0 Å². The molecule has 0 amide bonds. The van der Waals surface area contributed by atoms with Crippen LogP contribution in [0.15, 0.2) is 11.1 Å². The van der Waals surface area contributed by atoms with E-state index in [1.54, 1.807) is 5.54 Å². The van der Waals surface area contributed by atoms with E-state index in [2.05, 4.69) is 29.2 Å². The molecule has 4 heteroatoms. The van der Waals surface area contributed by atoms with Crippen molar-refractivity contribution in [3.05, 3.63) is 11.1 Å². The van der Waals surface area contributed by atoms with Crippen molar-refractivity contribution in [2.75, 3.05) is 46.8 Å². The van der Waals surface area contributed by atoms with E-state index < -0.39 is 0 Å². The van der Waals surface area contributed by atoms with E-state index in [4.69, 9.17) is 11.6 Å². The number of piperazine rings is 1. The lowest BCUT2D eigenvalue weighted by Gasteiger charge is -2.37. The molecule has 0 aromatic rings. The molecule has 88 valence electrons. The minimum atomic E-state index is 0.617. The van der Waals surface area contributed by atoms with Crippen LogP contribution in [0.4, 0.5) is 0 Å². The third-order valence-electron chi connectivity index (χ3n) is 2.95. The molecule has 0 saturated carbocycles. The largest absolute Gasteiger partial charge is 0.311 e. The smallest absolute Gasteiger partial charge is 0.0345 e. The Hall–Kier alpha value is -0.0900. The van der Waals surface area contributed by atoms with Crippen molar-refractivity contribution in [3.63, 3.8) is 0 Å². The van der Waals surface area contributed by atoms with Gasteiger partial charge < -0.3 is 10.2 Å². The van der Waals surface area contributed by atoms with E-state index >= 15 is 0 Å². The molecule has 1 fully saturated rings.